The van der Waals surface area contributed by atoms with Crippen LogP contribution in [0.2, 0.25) is 0 Å². The van der Waals surface area contributed by atoms with Crippen molar-refractivity contribution >= 4 is 72.3 Å². The molecule has 0 saturated carbocycles. The van der Waals surface area contributed by atoms with Gasteiger partial charge in [-0.3, -0.25) is 4.79 Å². The standard InChI is InChI=1S/C27H31N5O6S.C19H22N6O2/c1-18(33)37-17-23-29-22-16-28-25-21(12-15-31(25)39(35,36)20-8-6-5-7-9-20)24(22)32(23)19-10-13-30(14-11-19)26(34)38-27(2,3)4;1-19(2,3)27-18(26)24-8-5-12(6-9-24)25-15(10-20)23-14-11-22-17-13(16(14)25)4-7-21-17/h5-9,12,15-16,19H,10-11,13-14,17H2,1-4H3;4,7,11-12H,5-6,8-9H2,1-3H3,(H,21,22). The molecule has 2 aliphatic heterocycles. The van der Waals surface area contributed by atoms with Gasteiger partial charge in [0.2, 0.25) is 5.82 Å². The Bertz CT molecular complexity index is 3100. The summed E-state index contributed by atoms with van der Waals surface area (Å²) in [6.45, 7) is 14.5. The molecule has 0 aliphatic carbocycles. The molecule has 6 aromatic heterocycles. The molecule has 2 saturated heterocycles. The molecule has 1 N–H and O–H groups in total. The number of nitriles is 1. The molecule has 0 atom stereocenters. The first-order valence-corrected chi connectivity index (χ1v) is 23.3. The van der Waals surface area contributed by atoms with Gasteiger partial charge >= 0.3 is 18.2 Å². The zero-order valence-corrected chi connectivity index (χ0v) is 38.8. The molecule has 19 nitrogen and oxygen atoms in total. The van der Waals surface area contributed by atoms with Gasteiger partial charge in [-0.05, 0) is 91.5 Å². The van der Waals surface area contributed by atoms with Gasteiger partial charge in [0.05, 0.1) is 28.3 Å². The van der Waals surface area contributed by atoms with Crippen molar-refractivity contribution in [1.82, 2.24) is 47.8 Å². The summed E-state index contributed by atoms with van der Waals surface area (Å²) < 4.78 is 48.3. The van der Waals surface area contributed by atoms with Crippen molar-refractivity contribution in [3.63, 3.8) is 0 Å². The van der Waals surface area contributed by atoms with E-state index in [0.29, 0.717) is 72.6 Å². The summed E-state index contributed by atoms with van der Waals surface area (Å²) in [6.07, 6.45) is 8.65. The number of aromatic nitrogens is 8. The van der Waals surface area contributed by atoms with Gasteiger partial charge in [0.15, 0.2) is 5.65 Å². The first-order valence-electron chi connectivity index (χ1n) is 21.8. The number of carbonyl (C=O) groups is 3. The number of nitrogens with one attached hydrogen (secondary N) is 1. The minimum absolute atomic E-state index is 0.0409. The Morgan fingerprint density at radius 1 is 0.773 bits per heavy atom. The third-order valence-electron chi connectivity index (χ3n) is 11.4. The van der Waals surface area contributed by atoms with E-state index in [1.165, 1.54) is 23.3 Å². The van der Waals surface area contributed by atoms with Crippen LogP contribution in [-0.4, -0.2) is 112 Å². The number of benzene rings is 1. The number of likely N-dealkylation sites (tertiary alicyclic amines) is 2. The minimum atomic E-state index is -3.88. The van der Waals surface area contributed by atoms with Gasteiger partial charge in [-0.15, -0.1) is 0 Å². The molecule has 9 rings (SSSR count). The highest BCUT2D eigenvalue weighted by molar-refractivity contribution is 7.90. The highest BCUT2D eigenvalue weighted by Crippen LogP contribution is 2.35. The maximum Gasteiger partial charge on any atom is 0.410 e. The van der Waals surface area contributed by atoms with Crippen LogP contribution in [0.25, 0.3) is 44.1 Å². The van der Waals surface area contributed by atoms with Crippen LogP contribution in [0.1, 0.15) is 97.9 Å². The van der Waals surface area contributed by atoms with E-state index in [2.05, 4.69) is 26.0 Å². The second-order valence-electron chi connectivity index (χ2n) is 18.4. The number of rotatable bonds is 6. The van der Waals surface area contributed by atoms with Crippen molar-refractivity contribution < 1.29 is 37.0 Å². The normalized spacial score (nSPS) is 15.5. The molecule has 0 radical (unpaired) electrons. The summed E-state index contributed by atoms with van der Waals surface area (Å²) in [6, 6.07) is 14.1. The lowest BCUT2D eigenvalue weighted by Gasteiger charge is -2.34. The van der Waals surface area contributed by atoms with Gasteiger partial charge in [-0.2, -0.15) is 5.26 Å². The van der Waals surface area contributed by atoms with Crippen LogP contribution in [0, 0.1) is 11.3 Å². The molecule has 0 unspecified atom stereocenters. The van der Waals surface area contributed by atoms with Crippen molar-refractivity contribution in [3.8, 4) is 6.07 Å². The van der Waals surface area contributed by atoms with Gasteiger partial charge in [0.25, 0.3) is 10.0 Å². The molecule has 20 heteroatoms. The smallest absolute Gasteiger partial charge is 0.410 e. The highest BCUT2D eigenvalue weighted by atomic mass is 32.2. The SMILES string of the molecule is CC(=O)OCc1nc2cnc3c(ccn3S(=O)(=O)c3ccccc3)c2n1C1CCN(C(=O)OC(C)(C)C)CC1.CC(C)(C)OC(=O)N1CCC(n2c(C#N)nc3cnc4[nH]ccc4c32)CC1. The Hall–Kier alpha value is -7.01. The number of piperidine rings is 2. The summed E-state index contributed by atoms with van der Waals surface area (Å²) >= 11 is 0. The van der Waals surface area contributed by atoms with Crippen LogP contribution < -0.4 is 0 Å². The number of carbonyl (C=O) groups excluding carboxylic acids is 3. The van der Waals surface area contributed by atoms with E-state index in [1.807, 2.05) is 62.9 Å². The molecular weight excluding hydrogens is 867 g/mol. The number of amides is 2. The topological polar surface area (TPSA) is 225 Å². The largest absolute Gasteiger partial charge is 0.458 e. The Morgan fingerprint density at radius 2 is 1.33 bits per heavy atom. The van der Waals surface area contributed by atoms with Gasteiger partial charge < -0.3 is 38.1 Å². The lowest BCUT2D eigenvalue weighted by Crippen LogP contribution is -2.42. The predicted molar refractivity (Wildman–Crippen MR) is 244 cm³/mol. The number of pyridine rings is 2. The number of fused-ring (bicyclic) bond motifs is 6. The number of H-pyrrole nitrogens is 1. The fourth-order valence-corrected chi connectivity index (χ4v) is 9.87. The summed E-state index contributed by atoms with van der Waals surface area (Å²) in [7, 11) is -3.88. The van der Waals surface area contributed by atoms with E-state index in [1.54, 1.807) is 52.4 Å². The average Bonchev–Trinajstić information content (AvgIpc) is 4.08. The quantitative estimate of drug-likeness (QED) is 0.125. The first-order chi connectivity index (χ1) is 31.3. The number of esters is 1. The predicted octanol–water partition coefficient (Wildman–Crippen LogP) is 7.61. The van der Waals surface area contributed by atoms with Crippen molar-refractivity contribution in [1.29, 1.82) is 5.26 Å². The molecule has 2 aliphatic rings. The number of imidazole rings is 2. The molecule has 0 spiro atoms. The summed E-state index contributed by atoms with van der Waals surface area (Å²) in [5.41, 5.74) is 2.88. The summed E-state index contributed by atoms with van der Waals surface area (Å²) in [5.74, 6) is 0.483. The first kappa shape index (κ1) is 45.6. The Kier molecular flexibility index (Phi) is 12.3. The molecule has 8 heterocycles. The van der Waals surface area contributed by atoms with Crippen molar-refractivity contribution in [2.75, 3.05) is 26.2 Å². The van der Waals surface area contributed by atoms with Crippen LogP contribution in [0.15, 0.2) is 72.1 Å². The van der Waals surface area contributed by atoms with Crippen LogP contribution in [0.3, 0.4) is 0 Å². The van der Waals surface area contributed by atoms with Crippen molar-refractivity contribution in [2.45, 2.75) is 109 Å². The van der Waals surface area contributed by atoms with E-state index < -0.39 is 27.2 Å². The Morgan fingerprint density at radius 3 is 1.91 bits per heavy atom. The van der Waals surface area contributed by atoms with E-state index in [4.69, 9.17) is 19.2 Å². The van der Waals surface area contributed by atoms with Crippen molar-refractivity contribution in [2.24, 2.45) is 0 Å². The van der Waals surface area contributed by atoms with Crippen LogP contribution in [0.4, 0.5) is 9.59 Å². The Labute approximate surface area is 381 Å². The number of nitrogens with zero attached hydrogens (tertiary/aromatic N) is 10. The lowest BCUT2D eigenvalue weighted by molar-refractivity contribution is -0.142. The molecule has 346 valence electrons. The van der Waals surface area contributed by atoms with Crippen molar-refractivity contribution in [3.05, 3.63) is 78.9 Å². The van der Waals surface area contributed by atoms with E-state index in [9.17, 15) is 28.1 Å². The maximum atomic E-state index is 13.4. The third-order valence-corrected chi connectivity index (χ3v) is 13.1. The summed E-state index contributed by atoms with van der Waals surface area (Å²) in [5, 5.41) is 11.2. The van der Waals surface area contributed by atoms with Gasteiger partial charge in [-0.25, -0.2) is 41.9 Å². The van der Waals surface area contributed by atoms with Gasteiger partial charge in [0.1, 0.15) is 46.4 Å². The number of hydrogen-bond donors (Lipinski definition) is 1. The van der Waals surface area contributed by atoms with Crippen LogP contribution >= 0.6 is 0 Å². The number of ether oxygens (including phenoxy) is 3. The van der Waals surface area contributed by atoms with Crippen LogP contribution in [0.5, 0.6) is 0 Å². The summed E-state index contributed by atoms with van der Waals surface area (Å²) in [4.78, 5) is 61.2. The van der Waals surface area contributed by atoms with E-state index in [-0.39, 0.29) is 41.4 Å². The van der Waals surface area contributed by atoms with Gasteiger partial charge in [0, 0.05) is 68.4 Å². The third kappa shape index (κ3) is 9.25. The Balaban J connectivity index is 0.000000192. The molecule has 0 bridgehead atoms. The van der Waals surface area contributed by atoms with Gasteiger partial charge in [-0.1, -0.05) is 18.2 Å². The fraction of sp³-hybridized carbons (Fsp3) is 0.435. The highest BCUT2D eigenvalue weighted by Gasteiger charge is 2.33. The lowest BCUT2D eigenvalue weighted by atomic mass is 10.0. The van der Waals surface area contributed by atoms with Crippen LogP contribution in [-0.2, 0) is 35.6 Å². The van der Waals surface area contributed by atoms with E-state index in [0.717, 1.165) is 29.4 Å². The fourth-order valence-electron chi connectivity index (χ4n) is 8.55. The number of hydrogen-bond acceptors (Lipinski definition) is 13. The monoisotopic (exact) mass is 919 g/mol. The molecular formula is C46H53N11O8S. The number of aromatic amines is 1. The molecule has 2 amide bonds. The van der Waals surface area contributed by atoms with E-state index >= 15 is 0 Å². The minimum Gasteiger partial charge on any atom is -0.458 e. The average molecular weight is 920 g/mol. The maximum absolute atomic E-state index is 13.4. The molecule has 66 heavy (non-hydrogen) atoms. The second kappa shape index (κ2) is 17.8. The molecule has 2 fully saturated rings. The molecule has 1 aromatic carbocycles. The second-order valence-corrected chi connectivity index (χ2v) is 20.2. The zero-order chi connectivity index (χ0) is 47.1. The molecule has 7 aromatic rings. The zero-order valence-electron chi connectivity index (χ0n) is 38.0.